The maximum atomic E-state index is 12.5. The molecule has 0 aliphatic rings. The van der Waals surface area contributed by atoms with Crippen molar-refractivity contribution in [3.05, 3.63) is 35.4 Å². The van der Waals surface area contributed by atoms with E-state index in [1.54, 1.807) is 13.0 Å². The first kappa shape index (κ1) is 16.0. The number of sulfone groups is 1. The molecule has 0 bridgehead atoms. The Hall–Kier alpha value is -1.08. The number of alkyl halides is 3. The number of hydrogen-bond acceptors (Lipinski definition) is 3. The smallest absolute Gasteiger partial charge is 0.309 e. The third-order valence-corrected chi connectivity index (χ3v) is 3.58. The number of nitrogens with one attached hydrogen (secondary N) is 1. The minimum absolute atomic E-state index is 0.0453. The fraction of sp³-hybridized carbons (Fsp3) is 0.500. The van der Waals surface area contributed by atoms with Crippen molar-refractivity contribution in [2.75, 3.05) is 18.6 Å². The highest BCUT2D eigenvalue weighted by Gasteiger charge is 2.30. The average Bonchev–Trinajstić information content (AvgIpc) is 2.26. The Morgan fingerprint density at radius 2 is 1.95 bits per heavy atom. The molecule has 1 aromatic rings. The molecule has 19 heavy (non-hydrogen) atoms. The van der Waals surface area contributed by atoms with E-state index in [9.17, 15) is 21.6 Å². The summed E-state index contributed by atoms with van der Waals surface area (Å²) < 4.78 is 59.5. The molecule has 1 rings (SSSR count). The molecule has 0 heterocycles. The number of halogens is 3. The molecule has 1 unspecified atom stereocenters. The molecule has 0 saturated carbocycles. The van der Waals surface area contributed by atoms with Crippen molar-refractivity contribution in [3.63, 3.8) is 0 Å². The van der Waals surface area contributed by atoms with Crippen LogP contribution in [0.25, 0.3) is 0 Å². The Morgan fingerprint density at radius 1 is 1.32 bits per heavy atom. The first-order valence-corrected chi connectivity index (χ1v) is 7.74. The van der Waals surface area contributed by atoms with Crippen molar-refractivity contribution in [2.24, 2.45) is 0 Å². The van der Waals surface area contributed by atoms with E-state index in [1.165, 1.54) is 6.07 Å². The molecule has 1 aromatic carbocycles. The molecular weight excluding hydrogens is 279 g/mol. The lowest BCUT2D eigenvalue weighted by Crippen LogP contribution is -2.25. The molecule has 0 aromatic heterocycles. The minimum Gasteiger partial charge on any atom is -0.309 e. The lowest BCUT2D eigenvalue weighted by atomic mass is 10.1. The third-order valence-electron chi connectivity index (χ3n) is 2.64. The molecule has 3 nitrogen and oxygen atoms in total. The summed E-state index contributed by atoms with van der Waals surface area (Å²) >= 11 is 0. The first-order chi connectivity index (χ1) is 8.59. The van der Waals surface area contributed by atoms with Crippen molar-refractivity contribution in [1.82, 2.24) is 5.32 Å². The molecule has 1 atom stereocenters. The molecule has 0 spiro atoms. The van der Waals surface area contributed by atoms with Crippen LogP contribution in [0.3, 0.4) is 0 Å². The monoisotopic (exact) mass is 295 g/mol. The van der Waals surface area contributed by atoms with Gasteiger partial charge in [0.05, 0.1) is 11.3 Å². The predicted octanol–water partition coefficient (Wildman–Crippen LogP) is 2.40. The molecular formula is C12H16F3NO2S. The van der Waals surface area contributed by atoms with Crippen LogP contribution in [-0.4, -0.2) is 27.0 Å². The summed E-state index contributed by atoms with van der Waals surface area (Å²) in [6.45, 7) is 1.90. The van der Waals surface area contributed by atoms with Crippen molar-refractivity contribution in [3.8, 4) is 0 Å². The second-order valence-corrected chi connectivity index (χ2v) is 6.69. The van der Waals surface area contributed by atoms with E-state index in [-0.39, 0.29) is 18.3 Å². The standard InChI is InChI=1S/C12H16F3NO2S/c1-9(16-6-7-19(2,17)18)10-4-3-5-11(8-10)12(13,14)15/h3-5,8-9,16H,6-7H2,1-2H3. The van der Waals surface area contributed by atoms with Gasteiger partial charge < -0.3 is 5.32 Å². The van der Waals surface area contributed by atoms with Crippen LogP contribution in [0.2, 0.25) is 0 Å². The van der Waals surface area contributed by atoms with Gasteiger partial charge in [0.1, 0.15) is 9.84 Å². The lowest BCUT2D eigenvalue weighted by molar-refractivity contribution is -0.137. The molecule has 1 N–H and O–H groups in total. The van der Waals surface area contributed by atoms with E-state index < -0.39 is 21.6 Å². The van der Waals surface area contributed by atoms with Crippen LogP contribution < -0.4 is 5.32 Å². The van der Waals surface area contributed by atoms with Crippen molar-refractivity contribution < 1.29 is 21.6 Å². The summed E-state index contributed by atoms with van der Waals surface area (Å²) in [5.41, 5.74) is -0.231. The largest absolute Gasteiger partial charge is 0.416 e. The summed E-state index contributed by atoms with van der Waals surface area (Å²) in [4.78, 5) is 0. The van der Waals surface area contributed by atoms with Crippen LogP contribution in [0, 0.1) is 0 Å². The number of benzene rings is 1. The Labute approximate surface area is 110 Å². The van der Waals surface area contributed by atoms with Crippen LogP contribution in [0.4, 0.5) is 13.2 Å². The molecule has 108 valence electrons. The van der Waals surface area contributed by atoms with Gasteiger partial charge in [0.25, 0.3) is 0 Å². The maximum Gasteiger partial charge on any atom is 0.416 e. The Bertz CT molecular complexity index is 526. The van der Waals surface area contributed by atoms with E-state index in [0.717, 1.165) is 18.4 Å². The Morgan fingerprint density at radius 3 is 2.47 bits per heavy atom. The fourth-order valence-corrected chi connectivity index (χ4v) is 2.05. The second-order valence-electron chi connectivity index (χ2n) is 4.43. The highest BCUT2D eigenvalue weighted by Crippen LogP contribution is 2.30. The van der Waals surface area contributed by atoms with Gasteiger partial charge in [-0.1, -0.05) is 12.1 Å². The second kappa shape index (κ2) is 5.92. The van der Waals surface area contributed by atoms with Gasteiger partial charge >= 0.3 is 6.18 Å². The van der Waals surface area contributed by atoms with Crippen LogP contribution in [0.5, 0.6) is 0 Å². The molecule has 0 fully saturated rings. The van der Waals surface area contributed by atoms with E-state index in [0.29, 0.717) is 5.56 Å². The van der Waals surface area contributed by atoms with Gasteiger partial charge in [-0.05, 0) is 24.6 Å². The van der Waals surface area contributed by atoms with E-state index in [2.05, 4.69) is 5.32 Å². The maximum absolute atomic E-state index is 12.5. The van der Waals surface area contributed by atoms with Crippen LogP contribution in [0.1, 0.15) is 24.1 Å². The zero-order valence-electron chi connectivity index (χ0n) is 10.7. The molecule has 0 saturated heterocycles. The zero-order valence-corrected chi connectivity index (χ0v) is 11.5. The van der Waals surface area contributed by atoms with Crippen molar-refractivity contribution in [2.45, 2.75) is 19.1 Å². The normalized spacial score (nSPS) is 14.4. The van der Waals surface area contributed by atoms with Crippen LogP contribution in [-0.2, 0) is 16.0 Å². The Balaban J connectivity index is 2.70. The zero-order chi connectivity index (χ0) is 14.7. The Kier molecular flexibility index (Phi) is 4.98. The van der Waals surface area contributed by atoms with E-state index in [4.69, 9.17) is 0 Å². The minimum atomic E-state index is -4.37. The summed E-state index contributed by atoms with van der Waals surface area (Å²) in [5, 5.41) is 2.89. The molecule has 0 radical (unpaired) electrons. The van der Waals surface area contributed by atoms with Gasteiger partial charge in [-0.25, -0.2) is 8.42 Å². The van der Waals surface area contributed by atoms with Gasteiger partial charge in [-0.2, -0.15) is 13.2 Å². The summed E-state index contributed by atoms with van der Waals surface area (Å²) in [6.07, 6.45) is -3.26. The van der Waals surface area contributed by atoms with E-state index >= 15 is 0 Å². The topological polar surface area (TPSA) is 46.2 Å². The highest BCUT2D eigenvalue weighted by molar-refractivity contribution is 7.90. The van der Waals surface area contributed by atoms with Crippen molar-refractivity contribution in [1.29, 1.82) is 0 Å². The van der Waals surface area contributed by atoms with Crippen LogP contribution >= 0.6 is 0 Å². The third kappa shape index (κ3) is 5.61. The summed E-state index contributed by atoms with van der Waals surface area (Å²) in [5.74, 6) is -0.0453. The van der Waals surface area contributed by atoms with Gasteiger partial charge in [0.2, 0.25) is 0 Å². The molecule has 0 aliphatic carbocycles. The molecule has 0 amide bonds. The quantitative estimate of drug-likeness (QED) is 0.907. The summed E-state index contributed by atoms with van der Waals surface area (Å²) in [6, 6.07) is 4.65. The van der Waals surface area contributed by atoms with Gasteiger partial charge in [-0.3, -0.25) is 0 Å². The summed E-state index contributed by atoms with van der Waals surface area (Å²) in [7, 11) is -3.08. The predicted molar refractivity (Wildman–Crippen MR) is 67.6 cm³/mol. The number of rotatable bonds is 5. The van der Waals surface area contributed by atoms with Gasteiger partial charge in [-0.15, -0.1) is 0 Å². The molecule has 7 heteroatoms. The SMILES string of the molecule is CC(NCCS(C)(=O)=O)c1cccc(C(F)(F)F)c1. The van der Waals surface area contributed by atoms with Crippen molar-refractivity contribution >= 4 is 9.84 Å². The van der Waals surface area contributed by atoms with Gasteiger partial charge in [0, 0.05) is 18.8 Å². The van der Waals surface area contributed by atoms with E-state index in [1.807, 2.05) is 0 Å². The average molecular weight is 295 g/mol. The number of hydrogen-bond donors (Lipinski definition) is 1. The van der Waals surface area contributed by atoms with Crippen LogP contribution in [0.15, 0.2) is 24.3 Å². The lowest BCUT2D eigenvalue weighted by Gasteiger charge is -2.15. The fourth-order valence-electron chi connectivity index (χ4n) is 1.56. The van der Waals surface area contributed by atoms with Gasteiger partial charge in [0.15, 0.2) is 0 Å². The first-order valence-electron chi connectivity index (χ1n) is 5.68. The molecule has 0 aliphatic heterocycles. The highest BCUT2D eigenvalue weighted by atomic mass is 32.2.